The number of halogens is 4. The highest BCUT2D eigenvalue weighted by Crippen LogP contribution is 2.33. The monoisotopic (exact) mass is 261 g/mol. The molecule has 0 radical (unpaired) electrons. The number of rotatable bonds is 1. The molecule has 0 aliphatic heterocycles. The van der Waals surface area contributed by atoms with E-state index >= 15 is 0 Å². The summed E-state index contributed by atoms with van der Waals surface area (Å²) in [5, 5.41) is 0.431. The van der Waals surface area contributed by atoms with Gasteiger partial charge in [0.15, 0.2) is 0 Å². The molecule has 0 fully saturated rings. The van der Waals surface area contributed by atoms with Gasteiger partial charge in [-0.25, -0.2) is 4.98 Å². The topological polar surface area (TPSA) is 22.1 Å². The highest BCUT2D eigenvalue weighted by atomic mass is 35.5. The second-order valence-electron chi connectivity index (χ2n) is 3.37. The van der Waals surface area contributed by atoms with Crippen molar-refractivity contribution in [2.24, 2.45) is 0 Å². The van der Waals surface area contributed by atoms with E-state index < -0.39 is 11.9 Å². The van der Waals surface area contributed by atoms with E-state index in [4.69, 9.17) is 16.3 Å². The van der Waals surface area contributed by atoms with Gasteiger partial charge in [0.1, 0.15) is 11.4 Å². The molecule has 2 nitrogen and oxygen atoms in total. The minimum Gasteiger partial charge on any atom is -0.497 e. The molecular formula is C11H7ClF3NO. The summed E-state index contributed by atoms with van der Waals surface area (Å²) in [6.07, 6.45) is -4.50. The quantitative estimate of drug-likeness (QED) is 0.776. The molecule has 0 aliphatic carbocycles. The van der Waals surface area contributed by atoms with Crippen LogP contribution in [0.2, 0.25) is 5.02 Å². The summed E-state index contributed by atoms with van der Waals surface area (Å²) in [7, 11) is 1.46. The lowest BCUT2D eigenvalue weighted by atomic mass is 10.2. The standard InChI is InChI=1S/C11H7ClF3NO/c1-17-6-2-3-9-7(4-6)8(12)5-10(16-9)11(13,14)15/h2-5H,1H3. The maximum atomic E-state index is 12.5. The van der Waals surface area contributed by atoms with Gasteiger partial charge in [-0.2, -0.15) is 13.2 Å². The number of hydrogen-bond acceptors (Lipinski definition) is 2. The number of aromatic nitrogens is 1. The zero-order valence-electron chi connectivity index (χ0n) is 8.68. The number of nitrogens with zero attached hydrogens (tertiary/aromatic N) is 1. The van der Waals surface area contributed by atoms with Crippen molar-refractivity contribution in [2.75, 3.05) is 7.11 Å². The third kappa shape index (κ3) is 2.29. The lowest BCUT2D eigenvalue weighted by Gasteiger charge is -2.09. The molecule has 90 valence electrons. The van der Waals surface area contributed by atoms with Crippen LogP contribution in [0.25, 0.3) is 10.9 Å². The average molecular weight is 262 g/mol. The molecule has 0 saturated heterocycles. The Morgan fingerprint density at radius 1 is 1.24 bits per heavy atom. The molecule has 0 saturated carbocycles. The highest BCUT2D eigenvalue weighted by molar-refractivity contribution is 6.35. The van der Waals surface area contributed by atoms with Crippen LogP contribution in [0.3, 0.4) is 0 Å². The van der Waals surface area contributed by atoms with Crippen LogP contribution in [0.4, 0.5) is 13.2 Å². The van der Waals surface area contributed by atoms with Crippen molar-refractivity contribution in [1.29, 1.82) is 0 Å². The summed E-state index contributed by atoms with van der Waals surface area (Å²) in [5.74, 6) is 0.515. The van der Waals surface area contributed by atoms with Gasteiger partial charge in [-0.15, -0.1) is 0 Å². The van der Waals surface area contributed by atoms with Crippen molar-refractivity contribution in [2.45, 2.75) is 6.18 Å². The Kier molecular flexibility index (Phi) is 2.87. The predicted molar refractivity (Wildman–Crippen MR) is 58.3 cm³/mol. The van der Waals surface area contributed by atoms with Crippen LogP contribution >= 0.6 is 11.6 Å². The Morgan fingerprint density at radius 2 is 1.94 bits per heavy atom. The van der Waals surface area contributed by atoms with E-state index in [2.05, 4.69) is 4.98 Å². The molecule has 0 N–H and O–H groups in total. The molecule has 1 aromatic carbocycles. The predicted octanol–water partition coefficient (Wildman–Crippen LogP) is 3.92. The van der Waals surface area contributed by atoms with E-state index in [0.29, 0.717) is 11.1 Å². The van der Waals surface area contributed by atoms with Gasteiger partial charge < -0.3 is 4.74 Å². The highest BCUT2D eigenvalue weighted by Gasteiger charge is 2.33. The molecule has 0 unspecified atom stereocenters. The molecular weight excluding hydrogens is 255 g/mol. The fourth-order valence-corrected chi connectivity index (χ4v) is 1.69. The van der Waals surface area contributed by atoms with Crippen LogP contribution in [0, 0.1) is 0 Å². The largest absolute Gasteiger partial charge is 0.497 e. The van der Waals surface area contributed by atoms with Crippen LogP contribution in [-0.2, 0) is 6.18 Å². The fraction of sp³-hybridized carbons (Fsp3) is 0.182. The van der Waals surface area contributed by atoms with Crippen molar-refractivity contribution in [1.82, 2.24) is 4.98 Å². The number of alkyl halides is 3. The van der Waals surface area contributed by atoms with Crippen LogP contribution in [0.5, 0.6) is 5.75 Å². The van der Waals surface area contributed by atoms with E-state index in [9.17, 15) is 13.2 Å². The first-order valence-corrected chi connectivity index (χ1v) is 5.01. The number of fused-ring (bicyclic) bond motifs is 1. The van der Waals surface area contributed by atoms with E-state index in [-0.39, 0.29) is 10.5 Å². The molecule has 2 aromatic rings. The maximum Gasteiger partial charge on any atom is 0.433 e. The first-order chi connectivity index (χ1) is 7.91. The van der Waals surface area contributed by atoms with Gasteiger partial charge in [-0.05, 0) is 24.3 Å². The second kappa shape index (κ2) is 4.07. The average Bonchev–Trinajstić information content (AvgIpc) is 2.27. The molecule has 1 heterocycles. The summed E-state index contributed by atoms with van der Waals surface area (Å²) in [4.78, 5) is 3.52. The Balaban J connectivity index is 2.68. The summed E-state index contributed by atoms with van der Waals surface area (Å²) in [6, 6.07) is 5.33. The van der Waals surface area contributed by atoms with Gasteiger partial charge in [0, 0.05) is 5.39 Å². The summed E-state index contributed by atoms with van der Waals surface area (Å²) in [5.41, 5.74) is -0.814. The van der Waals surface area contributed by atoms with Crippen LogP contribution in [-0.4, -0.2) is 12.1 Å². The van der Waals surface area contributed by atoms with E-state index in [1.807, 2.05) is 0 Å². The fourth-order valence-electron chi connectivity index (χ4n) is 1.44. The van der Waals surface area contributed by atoms with Crippen molar-refractivity contribution in [3.8, 4) is 5.75 Å². The Labute approximate surface area is 100.0 Å². The van der Waals surface area contributed by atoms with Gasteiger partial charge in [-0.3, -0.25) is 0 Å². The van der Waals surface area contributed by atoms with E-state index in [1.165, 1.54) is 19.2 Å². The minimum absolute atomic E-state index is 0.00113. The summed E-state index contributed by atoms with van der Waals surface area (Å²) < 4.78 is 42.5. The first-order valence-electron chi connectivity index (χ1n) is 4.63. The van der Waals surface area contributed by atoms with Gasteiger partial charge in [0.05, 0.1) is 17.6 Å². The molecule has 2 rings (SSSR count). The number of hydrogen-bond donors (Lipinski definition) is 0. The molecule has 6 heteroatoms. The zero-order chi connectivity index (χ0) is 12.6. The Bertz CT molecular complexity index is 568. The van der Waals surface area contributed by atoms with Crippen molar-refractivity contribution in [3.05, 3.63) is 35.0 Å². The number of benzene rings is 1. The Morgan fingerprint density at radius 3 is 2.53 bits per heavy atom. The molecule has 0 atom stereocenters. The summed E-state index contributed by atoms with van der Waals surface area (Å²) in [6.45, 7) is 0. The second-order valence-corrected chi connectivity index (χ2v) is 3.78. The molecule has 0 bridgehead atoms. The molecule has 1 aromatic heterocycles. The van der Waals surface area contributed by atoms with Crippen molar-refractivity contribution in [3.63, 3.8) is 0 Å². The minimum atomic E-state index is -4.50. The van der Waals surface area contributed by atoms with Gasteiger partial charge in [0.2, 0.25) is 0 Å². The third-order valence-corrected chi connectivity index (χ3v) is 2.57. The number of ether oxygens (including phenoxy) is 1. The van der Waals surface area contributed by atoms with Crippen molar-refractivity contribution >= 4 is 22.5 Å². The lowest BCUT2D eigenvalue weighted by molar-refractivity contribution is -0.140. The SMILES string of the molecule is COc1ccc2nc(C(F)(F)F)cc(Cl)c2c1. The van der Waals surface area contributed by atoms with Crippen molar-refractivity contribution < 1.29 is 17.9 Å². The zero-order valence-corrected chi connectivity index (χ0v) is 9.43. The molecule has 0 aliphatic rings. The smallest absolute Gasteiger partial charge is 0.433 e. The van der Waals surface area contributed by atoms with Crippen LogP contribution in [0.1, 0.15) is 5.69 Å². The van der Waals surface area contributed by atoms with Gasteiger partial charge in [-0.1, -0.05) is 11.6 Å². The molecule has 17 heavy (non-hydrogen) atoms. The number of pyridine rings is 1. The van der Waals surface area contributed by atoms with Gasteiger partial charge in [0.25, 0.3) is 0 Å². The Hall–Kier alpha value is -1.49. The first kappa shape index (κ1) is 12.0. The van der Waals surface area contributed by atoms with Crippen LogP contribution < -0.4 is 4.74 Å². The molecule has 0 spiro atoms. The van der Waals surface area contributed by atoms with E-state index in [0.717, 1.165) is 6.07 Å². The van der Waals surface area contributed by atoms with E-state index in [1.54, 1.807) is 6.07 Å². The maximum absolute atomic E-state index is 12.5. The third-order valence-electron chi connectivity index (χ3n) is 2.26. The lowest BCUT2D eigenvalue weighted by Crippen LogP contribution is -2.07. The number of methoxy groups -OCH3 is 1. The molecule has 0 amide bonds. The summed E-state index contributed by atoms with van der Waals surface area (Å²) >= 11 is 5.80. The normalized spacial score (nSPS) is 11.8. The van der Waals surface area contributed by atoms with Gasteiger partial charge >= 0.3 is 6.18 Å². The van der Waals surface area contributed by atoms with Crippen LogP contribution in [0.15, 0.2) is 24.3 Å².